The van der Waals surface area contributed by atoms with Gasteiger partial charge in [-0.05, 0) is 94.0 Å². The minimum atomic E-state index is -0.645. The monoisotopic (exact) mass is 1000 g/mol. The van der Waals surface area contributed by atoms with Crippen LogP contribution >= 0.6 is 70.5 Å². The number of amides is 4. The second-order valence-electron chi connectivity index (χ2n) is 12.0. The normalized spacial score (nSPS) is 10.2. The van der Waals surface area contributed by atoms with Crippen molar-refractivity contribution in [2.75, 3.05) is 17.7 Å². The van der Waals surface area contributed by atoms with Crippen molar-refractivity contribution >= 4 is 97.1 Å². The number of methoxy groups -OCH3 is 1. The SMILES string of the molecule is BrB(Br)Br.COc1ccc(Cc2ccc(NC(N)=O)cc2)c(F)c1-c1cccc(Cl)c1.NC(=O)Nc1ccc(Cc2ccc(O)c(-c3cccc(Cl)c3)c2F)cc1. The number of primary amides is 2. The Bertz CT molecular complexity index is 2320. The molecular weight excluding hydrogens is 972 g/mol. The molecule has 6 aromatic carbocycles. The van der Waals surface area contributed by atoms with Crippen LogP contribution in [0.5, 0.6) is 11.5 Å². The first kappa shape index (κ1) is 45.1. The Kier molecular flexibility index (Phi) is 17.3. The topological polar surface area (TPSA) is 140 Å². The molecule has 57 heavy (non-hydrogen) atoms. The van der Waals surface area contributed by atoms with Gasteiger partial charge in [0.2, 0.25) is 0 Å². The quantitative estimate of drug-likeness (QED) is 0.0920. The Hall–Kier alpha value is -4.60. The highest BCUT2D eigenvalue weighted by atomic mass is 79.9. The number of phenolic OH excluding ortho intramolecular Hbond substituents is 1. The number of urea groups is 2. The molecule has 16 heteroatoms. The molecular formula is C41H34BBr3Cl2F2N4O4. The van der Waals surface area contributed by atoms with Gasteiger partial charge in [0.25, 0.3) is 0 Å². The molecule has 0 aromatic heterocycles. The van der Waals surface area contributed by atoms with Gasteiger partial charge in [0.15, 0.2) is 0 Å². The van der Waals surface area contributed by atoms with Crippen LogP contribution in [0.3, 0.4) is 0 Å². The molecule has 0 saturated heterocycles. The van der Waals surface area contributed by atoms with E-state index in [1.165, 1.54) is 13.2 Å². The molecule has 0 spiro atoms. The summed E-state index contributed by atoms with van der Waals surface area (Å²) in [5.74, 6) is -0.545. The molecule has 0 aliphatic carbocycles. The third-order valence-corrected chi connectivity index (χ3v) is 8.53. The van der Waals surface area contributed by atoms with Gasteiger partial charge in [-0.25, -0.2) is 18.4 Å². The van der Waals surface area contributed by atoms with Gasteiger partial charge in [0, 0.05) is 34.3 Å². The summed E-state index contributed by atoms with van der Waals surface area (Å²) in [5, 5.41) is 16.1. The van der Waals surface area contributed by atoms with Crippen molar-refractivity contribution in [1.82, 2.24) is 0 Å². The number of ether oxygens (including phenoxy) is 1. The van der Waals surface area contributed by atoms with Crippen LogP contribution in [-0.4, -0.2) is 27.5 Å². The standard InChI is InChI=1S/C21H18ClFN2O2.C20H16ClFN2O2.BBr3/c1-27-18-10-7-15(11-13-5-8-17(9-6-13)25-21(24)26)20(23)19(18)14-3-2-4-16(22)12-14;21-15-3-1-2-13(11-15)18-17(25)9-6-14(19(18)22)10-12-4-7-16(8-5-12)24-20(23)26;2-1(3)4/h2-10,12H,11H2,1H3,(H3,24,25,26);1-9,11,25H,10H2,(H3,23,24,26);. The first-order valence-electron chi connectivity index (χ1n) is 16.8. The number of halogens is 7. The Morgan fingerprint density at radius 3 is 1.47 bits per heavy atom. The van der Waals surface area contributed by atoms with E-state index in [9.17, 15) is 14.7 Å². The lowest BCUT2D eigenvalue weighted by molar-refractivity contribution is 0.258. The number of nitrogens with two attached hydrogens (primary N) is 2. The summed E-state index contributed by atoms with van der Waals surface area (Å²) in [6.07, 6.45) is 0.719. The Labute approximate surface area is 363 Å². The Balaban J connectivity index is 0.000000231. The van der Waals surface area contributed by atoms with Crippen molar-refractivity contribution < 1.29 is 28.2 Å². The number of aromatic hydroxyl groups is 1. The van der Waals surface area contributed by atoms with E-state index >= 15 is 8.78 Å². The van der Waals surface area contributed by atoms with Crippen molar-refractivity contribution in [1.29, 1.82) is 0 Å². The number of rotatable bonds is 9. The van der Waals surface area contributed by atoms with Crippen LogP contribution in [0, 0.1) is 11.6 Å². The molecule has 0 atom stereocenters. The van der Waals surface area contributed by atoms with E-state index in [1.807, 2.05) is 12.1 Å². The average molecular weight is 1010 g/mol. The van der Waals surface area contributed by atoms with E-state index < -0.39 is 17.9 Å². The van der Waals surface area contributed by atoms with Gasteiger partial charge in [0.1, 0.15) is 23.1 Å². The number of carbonyl (C=O) groups is 2. The predicted molar refractivity (Wildman–Crippen MR) is 239 cm³/mol. The molecule has 4 amide bonds. The van der Waals surface area contributed by atoms with E-state index in [1.54, 1.807) is 103 Å². The summed E-state index contributed by atoms with van der Waals surface area (Å²) in [6, 6.07) is 32.9. The zero-order valence-electron chi connectivity index (χ0n) is 30.0. The van der Waals surface area contributed by atoms with Crippen molar-refractivity contribution in [3.8, 4) is 33.8 Å². The maximum Gasteiger partial charge on any atom is 0.369 e. The first-order valence-corrected chi connectivity index (χ1v) is 20.3. The maximum absolute atomic E-state index is 15.3. The maximum atomic E-state index is 15.3. The lowest BCUT2D eigenvalue weighted by Gasteiger charge is -2.14. The molecule has 6 aromatic rings. The number of anilines is 2. The smallest absolute Gasteiger partial charge is 0.369 e. The van der Waals surface area contributed by atoms with E-state index in [4.69, 9.17) is 39.4 Å². The number of phenols is 1. The number of hydrogen-bond donors (Lipinski definition) is 5. The van der Waals surface area contributed by atoms with E-state index in [2.05, 4.69) is 57.9 Å². The molecule has 0 aliphatic rings. The summed E-state index contributed by atoms with van der Waals surface area (Å²) in [7, 11) is 1.51. The zero-order chi connectivity index (χ0) is 41.6. The highest BCUT2D eigenvalue weighted by Gasteiger charge is 2.18. The van der Waals surface area contributed by atoms with Crippen LogP contribution in [-0.2, 0) is 12.8 Å². The largest absolute Gasteiger partial charge is 0.507 e. The number of hydrogen-bond acceptors (Lipinski definition) is 4. The molecule has 7 N–H and O–H groups in total. The van der Waals surface area contributed by atoms with Crippen molar-refractivity contribution in [3.05, 3.63) is 165 Å². The molecule has 6 rings (SSSR count). The second kappa shape index (κ2) is 21.8. The molecule has 0 bridgehead atoms. The zero-order valence-corrected chi connectivity index (χ0v) is 36.3. The summed E-state index contributed by atoms with van der Waals surface area (Å²) in [4.78, 5) is 21.7. The highest BCUT2D eigenvalue weighted by molar-refractivity contribution is 9.69. The van der Waals surface area contributed by atoms with Gasteiger partial charge >= 0.3 is 15.2 Å². The summed E-state index contributed by atoms with van der Waals surface area (Å²) in [5.41, 5.74) is 15.7. The Morgan fingerprint density at radius 2 is 1.07 bits per heavy atom. The minimum Gasteiger partial charge on any atom is -0.507 e. The lowest BCUT2D eigenvalue weighted by Crippen LogP contribution is -2.19. The first-order chi connectivity index (χ1) is 27.1. The fraction of sp³-hybridized carbons (Fsp3) is 0.0732. The van der Waals surface area contributed by atoms with Crippen LogP contribution in [0.1, 0.15) is 22.3 Å². The van der Waals surface area contributed by atoms with Crippen molar-refractivity contribution in [3.63, 3.8) is 0 Å². The van der Waals surface area contributed by atoms with Gasteiger partial charge in [0.05, 0.1) is 18.2 Å². The Morgan fingerprint density at radius 1 is 0.667 bits per heavy atom. The van der Waals surface area contributed by atoms with Crippen molar-refractivity contribution in [2.45, 2.75) is 12.8 Å². The molecule has 8 nitrogen and oxygen atoms in total. The number of nitrogens with one attached hydrogen (secondary N) is 2. The van der Waals surface area contributed by atoms with E-state index in [-0.39, 0.29) is 20.3 Å². The molecule has 0 unspecified atom stereocenters. The lowest BCUT2D eigenvalue weighted by atomic mass is 9.97. The van der Waals surface area contributed by atoms with Crippen LogP contribution in [0.15, 0.2) is 121 Å². The summed E-state index contributed by atoms with van der Waals surface area (Å²) in [6.45, 7) is 0. The van der Waals surface area contributed by atoms with Crippen LogP contribution in [0.4, 0.5) is 29.7 Å². The summed E-state index contributed by atoms with van der Waals surface area (Å²) >= 11 is 21.4. The van der Waals surface area contributed by atoms with Gasteiger partial charge in [-0.2, -0.15) is 0 Å². The molecule has 0 radical (unpaired) electrons. The van der Waals surface area contributed by atoms with E-state index in [0.29, 0.717) is 67.8 Å². The van der Waals surface area contributed by atoms with Gasteiger partial charge in [-0.1, -0.05) is 83.9 Å². The average Bonchev–Trinajstić information content (AvgIpc) is 3.15. The minimum absolute atomic E-state index is 0.122. The molecule has 0 fully saturated rings. The predicted octanol–water partition coefficient (Wildman–Crippen LogP) is 12.3. The van der Waals surface area contributed by atoms with Crippen molar-refractivity contribution in [2.24, 2.45) is 11.5 Å². The second-order valence-corrected chi connectivity index (χ2v) is 19.3. The van der Waals surface area contributed by atoms with Gasteiger partial charge in [-0.15, -0.1) is 47.3 Å². The third kappa shape index (κ3) is 13.8. The van der Waals surface area contributed by atoms with Gasteiger partial charge < -0.3 is 31.9 Å². The highest BCUT2D eigenvalue weighted by Crippen LogP contribution is 2.37. The number of carbonyl (C=O) groups excluding carboxylic acids is 2. The number of benzene rings is 6. The molecule has 0 saturated carbocycles. The molecule has 0 aliphatic heterocycles. The van der Waals surface area contributed by atoms with Crippen LogP contribution in [0.2, 0.25) is 10.0 Å². The fourth-order valence-electron chi connectivity index (χ4n) is 5.62. The third-order valence-electron chi connectivity index (χ3n) is 8.06. The van der Waals surface area contributed by atoms with Crippen LogP contribution in [0.25, 0.3) is 22.3 Å². The molecule has 0 heterocycles. The van der Waals surface area contributed by atoms with E-state index in [0.717, 1.165) is 11.1 Å². The fourth-order valence-corrected chi connectivity index (χ4v) is 6.00. The van der Waals surface area contributed by atoms with Gasteiger partial charge in [-0.3, -0.25) is 0 Å². The molecule has 294 valence electrons. The van der Waals surface area contributed by atoms with Crippen LogP contribution < -0.4 is 26.8 Å². The summed E-state index contributed by atoms with van der Waals surface area (Å²) < 4.78 is 35.9.